The fraction of sp³-hybridized carbons (Fsp3) is 0.438. The number of benzene rings is 1. The molecule has 3 nitrogen and oxygen atoms in total. The summed E-state index contributed by atoms with van der Waals surface area (Å²) in [6.45, 7) is 2.77. The van der Waals surface area contributed by atoms with Crippen molar-refractivity contribution in [1.82, 2.24) is 5.32 Å². The second-order valence-electron chi connectivity index (χ2n) is 4.80. The van der Waals surface area contributed by atoms with E-state index in [1.165, 1.54) is 18.2 Å². The van der Waals surface area contributed by atoms with Crippen LogP contribution < -0.4 is 5.32 Å². The zero-order valence-electron chi connectivity index (χ0n) is 11.8. The third-order valence-corrected chi connectivity index (χ3v) is 3.08. The predicted octanol–water partition coefficient (Wildman–Crippen LogP) is 2.75. The van der Waals surface area contributed by atoms with Crippen molar-refractivity contribution in [3.05, 3.63) is 41.7 Å². The lowest BCUT2D eigenvalue weighted by Gasteiger charge is -2.14. The van der Waals surface area contributed by atoms with Crippen LogP contribution in [0.3, 0.4) is 0 Å². The van der Waals surface area contributed by atoms with Crippen molar-refractivity contribution in [2.75, 3.05) is 13.2 Å². The van der Waals surface area contributed by atoms with Gasteiger partial charge < -0.3 is 10.4 Å². The van der Waals surface area contributed by atoms with Gasteiger partial charge in [0, 0.05) is 19.2 Å². The first kappa shape index (κ1) is 16.4. The summed E-state index contributed by atoms with van der Waals surface area (Å²) in [6.07, 6.45) is 5.69. The molecule has 0 heterocycles. The highest BCUT2D eigenvalue weighted by molar-refractivity contribution is 5.91. The van der Waals surface area contributed by atoms with Crippen molar-refractivity contribution in [1.29, 1.82) is 0 Å². The Bertz CT molecular complexity index is 440. The maximum atomic E-state index is 13.0. The van der Waals surface area contributed by atoms with Crippen LogP contribution in [0.5, 0.6) is 0 Å². The molecular weight excluding hydrogens is 257 g/mol. The summed E-state index contributed by atoms with van der Waals surface area (Å²) in [5.41, 5.74) is 0.653. The topological polar surface area (TPSA) is 49.3 Å². The van der Waals surface area contributed by atoms with Gasteiger partial charge in [-0.15, -0.1) is 0 Å². The molecule has 1 aromatic carbocycles. The van der Waals surface area contributed by atoms with E-state index in [0.717, 1.165) is 12.8 Å². The lowest BCUT2D eigenvalue weighted by molar-refractivity contribution is -0.116. The Hall–Kier alpha value is -1.68. The second kappa shape index (κ2) is 9.26. The maximum Gasteiger partial charge on any atom is 0.244 e. The summed E-state index contributed by atoms with van der Waals surface area (Å²) >= 11 is 0. The average molecular weight is 279 g/mol. The first-order chi connectivity index (χ1) is 9.65. The number of nitrogens with one attached hydrogen (secondary N) is 1. The van der Waals surface area contributed by atoms with Gasteiger partial charge in [0.1, 0.15) is 5.82 Å². The Morgan fingerprint density at radius 3 is 2.90 bits per heavy atom. The van der Waals surface area contributed by atoms with Crippen LogP contribution in [-0.2, 0) is 4.79 Å². The average Bonchev–Trinajstić information content (AvgIpc) is 2.43. The molecule has 0 bridgehead atoms. The van der Waals surface area contributed by atoms with Crippen molar-refractivity contribution >= 4 is 12.0 Å². The molecule has 0 aliphatic heterocycles. The Kier molecular flexibility index (Phi) is 7.58. The number of hydrogen-bond donors (Lipinski definition) is 2. The molecular formula is C16H22FNO2. The maximum absolute atomic E-state index is 13.0. The molecule has 0 aliphatic carbocycles. The van der Waals surface area contributed by atoms with Gasteiger partial charge in [0.05, 0.1) is 0 Å². The minimum atomic E-state index is -0.321. The number of hydrogen-bond acceptors (Lipinski definition) is 2. The van der Waals surface area contributed by atoms with E-state index >= 15 is 0 Å². The number of halogens is 1. The summed E-state index contributed by atoms with van der Waals surface area (Å²) in [7, 11) is 0. The summed E-state index contributed by atoms with van der Waals surface area (Å²) < 4.78 is 13.0. The van der Waals surface area contributed by atoms with E-state index in [1.807, 2.05) is 0 Å². The van der Waals surface area contributed by atoms with Crippen LogP contribution in [0.25, 0.3) is 6.08 Å². The van der Waals surface area contributed by atoms with Crippen LogP contribution in [0.15, 0.2) is 30.3 Å². The number of aliphatic hydroxyl groups excluding tert-OH is 1. The Morgan fingerprint density at radius 1 is 1.45 bits per heavy atom. The van der Waals surface area contributed by atoms with Gasteiger partial charge in [0.25, 0.3) is 0 Å². The van der Waals surface area contributed by atoms with Crippen molar-refractivity contribution in [3.8, 4) is 0 Å². The third kappa shape index (κ3) is 6.48. The molecule has 0 spiro atoms. The van der Waals surface area contributed by atoms with Crippen LogP contribution in [-0.4, -0.2) is 24.2 Å². The van der Waals surface area contributed by atoms with E-state index in [4.69, 9.17) is 5.11 Å². The molecule has 20 heavy (non-hydrogen) atoms. The molecule has 4 heteroatoms. The SMILES string of the molecule is CCCC(CCO)CNC(=O)/C=C/c1cccc(F)c1. The highest BCUT2D eigenvalue weighted by Crippen LogP contribution is 2.09. The normalized spacial score (nSPS) is 12.6. The minimum absolute atomic E-state index is 0.139. The number of aliphatic hydroxyl groups is 1. The van der Waals surface area contributed by atoms with Crippen molar-refractivity contribution in [3.63, 3.8) is 0 Å². The largest absolute Gasteiger partial charge is 0.396 e. The van der Waals surface area contributed by atoms with E-state index in [1.54, 1.807) is 18.2 Å². The number of carbonyl (C=O) groups is 1. The molecule has 110 valence electrons. The lowest BCUT2D eigenvalue weighted by Crippen LogP contribution is -2.28. The fourth-order valence-electron chi connectivity index (χ4n) is 2.03. The highest BCUT2D eigenvalue weighted by atomic mass is 19.1. The molecule has 0 saturated carbocycles. The molecule has 0 saturated heterocycles. The van der Waals surface area contributed by atoms with Crippen molar-refractivity contribution in [2.45, 2.75) is 26.2 Å². The number of rotatable bonds is 8. The van der Waals surface area contributed by atoms with Gasteiger partial charge >= 0.3 is 0 Å². The van der Waals surface area contributed by atoms with E-state index in [0.29, 0.717) is 24.4 Å². The van der Waals surface area contributed by atoms with Crippen LogP contribution in [0.1, 0.15) is 31.7 Å². The number of carbonyl (C=O) groups excluding carboxylic acids is 1. The van der Waals surface area contributed by atoms with E-state index in [2.05, 4.69) is 12.2 Å². The summed E-state index contributed by atoms with van der Waals surface area (Å²) in [6, 6.07) is 6.07. The third-order valence-electron chi connectivity index (χ3n) is 3.08. The van der Waals surface area contributed by atoms with Crippen LogP contribution in [0, 0.1) is 11.7 Å². The van der Waals surface area contributed by atoms with E-state index in [9.17, 15) is 9.18 Å². The van der Waals surface area contributed by atoms with Gasteiger partial charge in [-0.3, -0.25) is 4.79 Å². The van der Waals surface area contributed by atoms with E-state index < -0.39 is 0 Å². The first-order valence-corrected chi connectivity index (χ1v) is 6.98. The zero-order valence-corrected chi connectivity index (χ0v) is 11.8. The summed E-state index contributed by atoms with van der Waals surface area (Å²) in [4.78, 5) is 11.7. The Balaban J connectivity index is 2.42. The highest BCUT2D eigenvalue weighted by Gasteiger charge is 2.07. The van der Waals surface area contributed by atoms with Crippen LogP contribution in [0.4, 0.5) is 4.39 Å². The second-order valence-corrected chi connectivity index (χ2v) is 4.80. The van der Waals surface area contributed by atoms with Crippen LogP contribution >= 0.6 is 0 Å². The van der Waals surface area contributed by atoms with Gasteiger partial charge in [-0.1, -0.05) is 25.5 Å². The monoisotopic (exact) mass is 279 g/mol. The molecule has 0 aliphatic rings. The smallest absolute Gasteiger partial charge is 0.244 e. The quantitative estimate of drug-likeness (QED) is 0.719. The van der Waals surface area contributed by atoms with Gasteiger partial charge in [-0.05, 0) is 42.5 Å². The zero-order chi connectivity index (χ0) is 14.8. The Morgan fingerprint density at radius 2 is 2.25 bits per heavy atom. The minimum Gasteiger partial charge on any atom is -0.396 e. The molecule has 1 aromatic rings. The Labute approximate surface area is 119 Å². The first-order valence-electron chi connectivity index (χ1n) is 6.98. The fourth-order valence-corrected chi connectivity index (χ4v) is 2.03. The number of amides is 1. The van der Waals surface area contributed by atoms with Gasteiger partial charge in [0.15, 0.2) is 0 Å². The lowest BCUT2D eigenvalue weighted by atomic mass is 10.0. The summed E-state index contributed by atoms with van der Waals surface area (Å²) in [5, 5.41) is 11.8. The van der Waals surface area contributed by atoms with Gasteiger partial charge in [-0.25, -0.2) is 4.39 Å². The van der Waals surface area contributed by atoms with Crippen molar-refractivity contribution < 1.29 is 14.3 Å². The molecule has 1 amide bonds. The van der Waals surface area contributed by atoms with Crippen molar-refractivity contribution in [2.24, 2.45) is 5.92 Å². The summed E-state index contributed by atoms with van der Waals surface area (Å²) in [5.74, 6) is -0.219. The molecule has 1 rings (SSSR count). The molecule has 2 N–H and O–H groups in total. The standard InChI is InChI=1S/C16H22FNO2/c1-2-4-14(9-10-19)12-18-16(20)8-7-13-5-3-6-15(17)11-13/h3,5-8,11,14,19H,2,4,9-10,12H2,1H3,(H,18,20)/b8-7+. The van der Waals surface area contributed by atoms with Gasteiger partial charge in [0.2, 0.25) is 5.91 Å². The molecule has 1 unspecified atom stereocenters. The van der Waals surface area contributed by atoms with Gasteiger partial charge in [-0.2, -0.15) is 0 Å². The molecule has 0 aromatic heterocycles. The molecule has 0 radical (unpaired) electrons. The predicted molar refractivity (Wildman–Crippen MR) is 78.5 cm³/mol. The molecule has 0 fully saturated rings. The van der Waals surface area contributed by atoms with E-state index in [-0.39, 0.29) is 18.3 Å². The molecule has 1 atom stereocenters. The van der Waals surface area contributed by atoms with Crippen LogP contribution in [0.2, 0.25) is 0 Å².